The maximum absolute atomic E-state index is 6.09. The molecular formula is C17H14Cl2O. The second-order valence-electron chi connectivity index (χ2n) is 4.68. The molecule has 0 amide bonds. The number of benzene rings is 3. The number of ether oxygens (including phenoxy) is 1. The Morgan fingerprint density at radius 1 is 0.900 bits per heavy atom. The predicted molar refractivity (Wildman–Crippen MR) is 87.3 cm³/mol. The van der Waals surface area contributed by atoms with E-state index in [4.69, 9.17) is 27.9 Å². The molecule has 0 fully saturated rings. The highest BCUT2D eigenvalue weighted by Gasteiger charge is 2.09. The van der Waals surface area contributed by atoms with Gasteiger partial charge in [-0.3, -0.25) is 0 Å². The predicted octanol–water partition coefficient (Wildman–Crippen LogP) is 5.65. The number of hydrogen-bond acceptors (Lipinski definition) is 1. The van der Waals surface area contributed by atoms with E-state index < -0.39 is 0 Å². The van der Waals surface area contributed by atoms with Crippen LogP contribution in [0.2, 0.25) is 5.02 Å². The Balaban J connectivity index is 2.23. The van der Waals surface area contributed by atoms with Crippen molar-refractivity contribution in [1.82, 2.24) is 0 Å². The van der Waals surface area contributed by atoms with Gasteiger partial charge in [-0.05, 0) is 41.5 Å². The average molecular weight is 305 g/mol. The van der Waals surface area contributed by atoms with Gasteiger partial charge in [0.25, 0.3) is 0 Å². The molecule has 20 heavy (non-hydrogen) atoms. The van der Waals surface area contributed by atoms with Crippen LogP contribution in [-0.2, 0) is 0 Å². The lowest BCUT2D eigenvalue weighted by Gasteiger charge is -2.13. The van der Waals surface area contributed by atoms with Gasteiger partial charge in [-0.1, -0.05) is 35.9 Å². The zero-order chi connectivity index (χ0) is 13.9. The lowest BCUT2D eigenvalue weighted by atomic mass is 10.0. The molecule has 0 atom stereocenters. The van der Waals surface area contributed by atoms with E-state index in [1.54, 1.807) is 0 Å². The maximum Gasteiger partial charge on any atom is 0.134 e. The fourth-order valence-electron chi connectivity index (χ4n) is 2.39. The lowest BCUT2D eigenvalue weighted by Crippen LogP contribution is -1.99. The van der Waals surface area contributed by atoms with Gasteiger partial charge in [0.2, 0.25) is 0 Å². The largest absolute Gasteiger partial charge is 0.492 e. The first-order chi connectivity index (χ1) is 9.79. The summed E-state index contributed by atoms with van der Waals surface area (Å²) in [6.07, 6.45) is 0.833. The molecule has 0 heterocycles. The Morgan fingerprint density at radius 3 is 2.55 bits per heavy atom. The van der Waals surface area contributed by atoms with E-state index >= 15 is 0 Å². The standard InChI is InChI=1S/C17H14Cl2O/c18-8-3-9-20-17-15-5-2-1-4-12(15)10-13-11-14(19)6-7-16(13)17/h1-2,4-7,10-11H,3,8-9H2. The van der Waals surface area contributed by atoms with Crippen LogP contribution in [0.1, 0.15) is 6.42 Å². The molecule has 0 radical (unpaired) electrons. The van der Waals surface area contributed by atoms with Crippen molar-refractivity contribution in [3.8, 4) is 5.75 Å². The smallest absolute Gasteiger partial charge is 0.134 e. The summed E-state index contributed by atoms with van der Waals surface area (Å²) in [7, 11) is 0. The molecule has 0 aliphatic heterocycles. The van der Waals surface area contributed by atoms with Crippen LogP contribution in [0.15, 0.2) is 48.5 Å². The monoisotopic (exact) mass is 304 g/mol. The third kappa shape index (κ3) is 2.56. The van der Waals surface area contributed by atoms with Gasteiger partial charge < -0.3 is 4.74 Å². The molecule has 1 nitrogen and oxygen atoms in total. The molecule has 3 aromatic rings. The minimum Gasteiger partial charge on any atom is -0.492 e. The van der Waals surface area contributed by atoms with Gasteiger partial charge in [0.05, 0.1) is 6.61 Å². The summed E-state index contributed by atoms with van der Waals surface area (Å²) in [5.41, 5.74) is 0. The molecule has 0 aliphatic carbocycles. The van der Waals surface area contributed by atoms with Gasteiger partial charge >= 0.3 is 0 Å². The van der Waals surface area contributed by atoms with Crippen molar-refractivity contribution in [3.63, 3.8) is 0 Å². The van der Waals surface area contributed by atoms with E-state index in [1.165, 1.54) is 0 Å². The van der Waals surface area contributed by atoms with Crippen LogP contribution in [0, 0.1) is 0 Å². The van der Waals surface area contributed by atoms with Crippen LogP contribution < -0.4 is 4.74 Å². The summed E-state index contributed by atoms with van der Waals surface area (Å²) in [6, 6.07) is 16.2. The van der Waals surface area contributed by atoms with E-state index in [2.05, 4.69) is 18.2 Å². The fraction of sp³-hybridized carbons (Fsp3) is 0.176. The Kier molecular flexibility index (Phi) is 4.00. The van der Waals surface area contributed by atoms with Gasteiger partial charge in [-0.15, -0.1) is 11.6 Å². The summed E-state index contributed by atoms with van der Waals surface area (Å²) in [5, 5.41) is 5.19. The number of alkyl halides is 1. The van der Waals surface area contributed by atoms with Crippen molar-refractivity contribution in [1.29, 1.82) is 0 Å². The topological polar surface area (TPSA) is 9.23 Å². The van der Waals surface area contributed by atoms with E-state index in [0.717, 1.165) is 38.7 Å². The van der Waals surface area contributed by atoms with Crippen LogP contribution in [0.4, 0.5) is 0 Å². The van der Waals surface area contributed by atoms with Crippen molar-refractivity contribution in [3.05, 3.63) is 53.6 Å². The number of rotatable bonds is 4. The minimum absolute atomic E-state index is 0.606. The second kappa shape index (κ2) is 5.90. The molecule has 0 aliphatic rings. The van der Waals surface area contributed by atoms with E-state index in [9.17, 15) is 0 Å². The number of halogens is 2. The molecule has 3 aromatic carbocycles. The molecule has 0 aromatic heterocycles. The summed E-state index contributed by atoms with van der Waals surface area (Å²) in [4.78, 5) is 0. The Hall–Kier alpha value is -1.44. The van der Waals surface area contributed by atoms with Gasteiger partial charge in [-0.2, -0.15) is 0 Å². The zero-order valence-corrected chi connectivity index (χ0v) is 12.4. The summed E-state index contributed by atoms with van der Waals surface area (Å²) < 4.78 is 5.99. The van der Waals surface area contributed by atoms with Crippen molar-refractivity contribution in [2.24, 2.45) is 0 Å². The van der Waals surface area contributed by atoms with Crippen molar-refractivity contribution in [2.45, 2.75) is 6.42 Å². The fourth-order valence-corrected chi connectivity index (χ4v) is 2.68. The van der Waals surface area contributed by atoms with Crippen LogP contribution in [0.3, 0.4) is 0 Å². The summed E-state index contributed by atoms with van der Waals surface area (Å²) in [6.45, 7) is 0.620. The summed E-state index contributed by atoms with van der Waals surface area (Å²) in [5.74, 6) is 1.52. The first-order valence-corrected chi connectivity index (χ1v) is 7.50. The van der Waals surface area contributed by atoms with Gasteiger partial charge in [-0.25, -0.2) is 0 Å². The van der Waals surface area contributed by atoms with Crippen molar-refractivity contribution < 1.29 is 4.74 Å². The van der Waals surface area contributed by atoms with Crippen LogP contribution in [-0.4, -0.2) is 12.5 Å². The SMILES string of the molecule is ClCCCOc1c2ccccc2cc2cc(Cl)ccc12. The molecular weight excluding hydrogens is 291 g/mol. The molecule has 3 heteroatoms. The Labute approximate surface area is 128 Å². The lowest BCUT2D eigenvalue weighted by molar-refractivity contribution is 0.325. The van der Waals surface area contributed by atoms with E-state index in [-0.39, 0.29) is 0 Å². The van der Waals surface area contributed by atoms with Crippen LogP contribution >= 0.6 is 23.2 Å². The molecule has 0 bridgehead atoms. The first-order valence-electron chi connectivity index (χ1n) is 6.59. The molecule has 0 spiro atoms. The third-order valence-corrected chi connectivity index (χ3v) is 3.80. The average Bonchev–Trinajstić information content (AvgIpc) is 2.46. The normalized spacial score (nSPS) is 11.1. The Morgan fingerprint density at radius 2 is 1.70 bits per heavy atom. The zero-order valence-electron chi connectivity index (χ0n) is 10.9. The van der Waals surface area contributed by atoms with Crippen molar-refractivity contribution >= 4 is 44.7 Å². The van der Waals surface area contributed by atoms with Gasteiger partial charge in [0, 0.05) is 21.7 Å². The molecule has 3 rings (SSSR count). The molecule has 102 valence electrons. The second-order valence-corrected chi connectivity index (χ2v) is 5.50. The minimum atomic E-state index is 0.606. The van der Waals surface area contributed by atoms with E-state index in [1.807, 2.05) is 30.3 Å². The molecule has 0 N–H and O–H groups in total. The third-order valence-electron chi connectivity index (χ3n) is 3.30. The highest BCUT2D eigenvalue weighted by atomic mass is 35.5. The number of fused-ring (bicyclic) bond motifs is 2. The maximum atomic E-state index is 6.09. The Bertz CT molecular complexity index is 752. The van der Waals surface area contributed by atoms with Crippen molar-refractivity contribution in [2.75, 3.05) is 12.5 Å². The first kappa shape index (κ1) is 13.5. The van der Waals surface area contributed by atoms with Gasteiger partial charge in [0.15, 0.2) is 0 Å². The highest BCUT2D eigenvalue weighted by Crippen LogP contribution is 2.36. The van der Waals surface area contributed by atoms with Crippen LogP contribution in [0.5, 0.6) is 5.75 Å². The molecule has 0 unspecified atom stereocenters. The van der Waals surface area contributed by atoms with Gasteiger partial charge in [0.1, 0.15) is 5.75 Å². The quantitative estimate of drug-likeness (QED) is 0.343. The highest BCUT2D eigenvalue weighted by molar-refractivity contribution is 6.31. The summed E-state index contributed by atoms with van der Waals surface area (Å²) >= 11 is 11.8. The van der Waals surface area contributed by atoms with E-state index in [0.29, 0.717) is 12.5 Å². The van der Waals surface area contributed by atoms with Crippen LogP contribution in [0.25, 0.3) is 21.5 Å². The molecule has 0 saturated heterocycles. The number of hydrogen-bond donors (Lipinski definition) is 0. The molecule has 0 saturated carbocycles.